The first-order valence-corrected chi connectivity index (χ1v) is 7.95. The predicted octanol–water partition coefficient (Wildman–Crippen LogP) is 1.55. The molecule has 6 heteroatoms. The fraction of sp³-hybridized carbons (Fsp3) is 0.278. The van der Waals surface area contributed by atoms with E-state index in [1.54, 1.807) is 12.3 Å². The fourth-order valence-electron chi connectivity index (χ4n) is 2.67. The standard InChI is InChI=1S/C18H20N4O2/c1-13-4-5-15(18(24)19-9-10-23)11-14(13)6-7-16-12-20-17-3-2-8-21-22(16)17/h2-5,8,11-12,23H,6-7,9-10H2,1H3,(H,19,24). The van der Waals surface area contributed by atoms with Gasteiger partial charge in [-0.2, -0.15) is 5.10 Å². The molecule has 0 radical (unpaired) electrons. The van der Waals surface area contributed by atoms with Gasteiger partial charge in [0.25, 0.3) is 5.91 Å². The van der Waals surface area contributed by atoms with E-state index in [2.05, 4.69) is 15.4 Å². The molecule has 24 heavy (non-hydrogen) atoms. The molecule has 1 amide bonds. The van der Waals surface area contributed by atoms with Crippen LogP contribution in [0.5, 0.6) is 0 Å². The number of carbonyl (C=O) groups is 1. The Bertz CT molecular complexity index is 857. The molecule has 2 aromatic heterocycles. The third kappa shape index (κ3) is 3.44. The average Bonchev–Trinajstić information content (AvgIpc) is 3.02. The van der Waals surface area contributed by atoms with Crippen molar-refractivity contribution in [3.8, 4) is 0 Å². The second-order valence-corrected chi connectivity index (χ2v) is 5.66. The quantitative estimate of drug-likeness (QED) is 0.721. The van der Waals surface area contributed by atoms with Crippen LogP contribution in [0.25, 0.3) is 5.65 Å². The first-order valence-electron chi connectivity index (χ1n) is 7.95. The lowest BCUT2D eigenvalue weighted by molar-refractivity contribution is 0.0944. The lowest BCUT2D eigenvalue weighted by atomic mass is 10.00. The maximum atomic E-state index is 12.0. The zero-order chi connectivity index (χ0) is 16.9. The van der Waals surface area contributed by atoms with E-state index < -0.39 is 0 Å². The van der Waals surface area contributed by atoms with Gasteiger partial charge in [0.1, 0.15) is 0 Å². The monoisotopic (exact) mass is 324 g/mol. The number of hydrogen-bond donors (Lipinski definition) is 2. The molecule has 2 N–H and O–H groups in total. The number of aliphatic hydroxyl groups excluding tert-OH is 1. The van der Waals surface area contributed by atoms with Gasteiger partial charge >= 0.3 is 0 Å². The Hall–Kier alpha value is -2.73. The van der Waals surface area contributed by atoms with Crippen LogP contribution in [-0.4, -0.2) is 38.8 Å². The molecule has 6 nitrogen and oxygen atoms in total. The minimum atomic E-state index is -0.165. The molecule has 0 fully saturated rings. The van der Waals surface area contributed by atoms with Gasteiger partial charge in [0.05, 0.1) is 18.5 Å². The second-order valence-electron chi connectivity index (χ2n) is 5.66. The topological polar surface area (TPSA) is 79.5 Å². The van der Waals surface area contributed by atoms with Gasteiger partial charge in [0, 0.05) is 18.3 Å². The number of nitrogens with one attached hydrogen (secondary N) is 1. The van der Waals surface area contributed by atoms with Crippen molar-refractivity contribution in [1.82, 2.24) is 19.9 Å². The fourth-order valence-corrected chi connectivity index (χ4v) is 2.67. The number of aliphatic hydroxyl groups is 1. The van der Waals surface area contributed by atoms with Gasteiger partial charge in [0.15, 0.2) is 5.65 Å². The molecule has 0 saturated carbocycles. The highest BCUT2D eigenvalue weighted by Gasteiger charge is 2.09. The van der Waals surface area contributed by atoms with Gasteiger partial charge in [-0.1, -0.05) is 6.07 Å². The van der Waals surface area contributed by atoms with Gasteiger partial charge in [-0.25, -0.2) is 9.50 Å². The molecule has 0 unspecified atom stereocenters. The number of amides is 1. The van der Waals surface area contributed by atoms with E-state index in [0.717, 1.165) is 35.3 Å². The van der Waals surface area contributed by atoms with Crippen molar-refractivity contribution in [3.63, 3.8) is 0 Å². The molecule has 0 aliphatic carbocycles. The second kappa shape index (κ2) is 7.23. The summed E-state index contributed by atoms with van der Waals surface area (Å²) in [6, 6.07) is 9.47. The SMILES string of the molecule is Cc1ccc(C(=O)NCCO)cc1CCc1cnc2cccnn12. The summed E-state index contributed by atoms with van der Waals surface area (Å²) in [6.07, 6.45) is 5.18. The van der Waals surface area contributed by atoms with Crippen molar-refractivity contribution in [3.05, 3.63) is 65.1 Å². The van der Waals surface area contributed by atoms with E-state index in [-0.39, 0.29) is 19.1 Å². The third-order valence-electron chi connectivity index (χ3n) is 4.01. The van der Waals surface area contributed by atoms with Crippen LogP contribution in [0.1, 0.15) is 27.2 Å². The zero-order valence-electron chi connectivity index (χ0n) is 13.6. The minimum absolute atomic E-state index is 0.0637. The molecule has 3 aromatic rings. The van der Waals surface area contributed by atoms with Crippen molar-refractivity contribution in [2.24, 2.45) is 0 Å². The normalized spacial score (nSPS) is 10.9. The van der Waals surface area contributed by atoms with E-state index in [1.807, 2.05) is 41.9 Å². The van der Waals surface area contributed by atoms with E-state index in [4.69, 9.17) is 5.11 Å². The van der Waals surface area contributed by atoms with Crippen LogP contribution in [0.15, 0.2) is 42.7 Å². The lowest BCUT2D eigenvalue weighted by Crippen LogP contribution is -2.26. The maximum absolute atomic E-state index is 12.0. The predicted molar refractivity (Wildman–Crippen MR) is 91.0 cm³/mol. The van der Waals surface area contributed by atoms with Crippen LogP contribution in [0.3, 0.4) is 0 Å². The number of fused-ring (bicyclic) bond motifs is 1. The molecule has 2 heterocycles. The molecular formula is C18H20N4O2. The Balaban J connectivity index is 1.76. The average molecular weight is 324 g/mol. The number of hydrogen-bond acceptors (Lipinski definition) is 4. The number of imidazole rings is 1. The van der Waals surface area contributed by atoms with Crippen molar-refractivity contribution in [1.29, 1.82) is 0 Å². The number of rotatable bonds is 6. The van der Waals surface area contributed by atoms with E-state index in [0.29, 0.717) is 5.56 Å². The summed E-state index contributed by atoms with van der Waals surface area (Å²) in [4.78, 5) is 16.4. The number of benzene rings is 1. The number of aryl methyl sites for hydroxylation is 3. The Morgan fingerprint density at radius 1 is 1.29 bits per heavy atom. The number of aromatic nitrogens is 3. The van der Waals surface area contributed by atoms with Crippen LogP contribution >= 0.6 is 0 Å². The smallest absolute Gasteiger partial charge is 0.251 e. The molecule has 1 aromatic carbocycles. The third-order valence-corrected chi connectivity index (χ3v) is 4.01. The summed E-state index contributed by atoms with van der Waals surface area (Å²) in [5.74, 6) is -0.165. The van der Waals surface area contributed by atoms with Crippen LogP contribution in [-0.2, 0) is 12.8 Å². The van der Waals surface area contributed by atoms with E-state index in [9.17, 15) is 4.79 Å². The lowest BCUT2D eigenvalue weighted by Gasteiger charge is -2.09. The van der Waals surface area contributed by atoms with Gasteiger partial charge in [-0.15, -0.1) is 0 Å². The Kier molecular flexibility index (Phi) is 4.86. The van der Waals surface area contributed by atoms with Crippen molar-refractivity contribution in [2.45, 2.75) is 19.8 Å². The van der Waals surface area contributed by atoms with Gasteiger partial charge in [0.2, 0.25) is 0 Å². The number of carbonyl (C=O) groups excluding carboxylic acids is 1. The first-order chi connectivity index (χ1) is 11.7. The van der Waals surface area contributed by atoms with E-state index >= 15 is 0 Å². The molecule has 0 atom stereocenters. The highest BCUT2D eigenvalue weighted by molar-refractivity contribution is 5.94. The molecule has 0 aliphatic heterocycles. The minimum Gasteiger partial charge on any atom is -0.395 e. The molecule has 0 spiro atoms. The molecule has 0 saturated heterocycles. The van der Waals surface area contributed by atoms with Crippen LogP contribution < -0.4 is 5.32 Å². The number of nitrogens with zero attached hydrogens (tertiary/aromatic N) is 3. The van der Waals surface area contributed by atoms with Crippen molar-refractivity contribution in [2.75, 3.05) is 13.2 Å². The summed E-state index contributed by atoms with van der Waals surface area (Å²) in [5, 5.41) is 15.8. The van der Waals surface area contributed by atoms with Crippen molar-refractivity contribution >= 4 is 11.6 Å². The van der Waals surface area contributed by atoms with E-state index in [1.165, 1.54) is 0 Å². The highest BCUT2D eigenvalue weighted by Crippen LogP contribution is 2.15. The van der Waals surface area contributed by atoms with Crippen LogP contribution in [0.2, 0.25) is 0 Å². The Labute approximate surface area is 140 Å². The van der Waals surface area contributed by atoms with Crippen molar-refractivity contribution < 1.29 is 9.90 Å². The summed E-state index contributed by atoms with van der Waals surface area (Å²) in [6.45, 7) is 2.23. The Morgan fingerprint density at radius 2 is 2.17 bits per heavy atom. The Morgan fingerprint density at radius 3 is 3.00 bits per heavy atom. The summed E-state index contributed by atoms with van der Waals surface area (Å²) in [7, 11) is 0. The summed E-state index contributed by atoms with van der Waals surface area (Å²) >= 11 is 0. The molecular weight excluding hydrogens is 304 g/mol. The molecule has 124 valence electrons. The molecule has 0 bridgehead atoms. The summed E-state index contributed by atoms with van der Waals surface area (Å²) < 4.78 is 1.84. The van der Waals surface area contributed by atoms with Crippen LogP contribution in [0.4, 0.5) is 0 Å². The first kappa shape index (κ1) is 16.1. The maximum Gasteiger partial charge on any atom is 0.251 e. The summed E-state index contributed by atoms with van der Waals surface area (Å²) in [5.41, 5.74) is 4.76. The van der Waals surface area contributed by atoms with Gasteiger partial charge in [-0.05, 0) is 55.2 Å². The highest BCUT2D eigenvalue weighted by atomic mass is 16.3. The van der Waals surface area contributed by atoms with Gasteiger partial charge in [-0.3, -0.25) is 4.79 Å². The molecule has 3 rings (SSSR count). The zero-order valence-corrected chi connectivity index (χ0v) is 13.6. The van der Waals surface area contributed by atoms with Gasteiger partial charge < -0.3 is 10.4 Å². The van der Waals surface area contributed by atoms with Crippen LogP contribution in [0, 0.1) is 6.92 Å². The largest absolute Gasteiger partial charge is 0.395 e. The molecule has 0 aliphatic rings.